The Morgan fingerprint density at radius 2 is 2.00 bits per heavy atom. The zero-order valence-corrected chi connectivity index (χ0v) is 12.4. The third-order valence-corrected chi connectivity index (χ3v) is 3.70. The third kappa shape index (κ3) is 2.24. The molecule has 0 fully saturated rings. The number of aryl methyl sites for hydroxylation is 1. The molecular weight excluding hydrogens is 294 g/mol. The summed E-state index contributed by atoms with van der Waals surface area (Å²) in [5.74, 6) is 1.34. The Kier molecular flexibility index (Phi) is 3.08. The van der Waals surface area contributed by atoms with E-state index in [1.807, 2.05) is 49.4 Å². The highest BCUT2D eigenvalue weighted by molar-refractivity contribution is 5.84. The summed E-state index contributed by atoms with van der Waals surface area (Å²) in [5, 5.41) is 8.12. The maximum absolute atomic E-state index is 11.4. The maximum Gasteiger partial charge on any atom is 0.231 e. The Bertz CT molecular complexity index is 902. The van der Waals surface area contributed by atoms with Crippen LogP contribution < -0.4 is 9.47 Å². The minimum absolute atomic E-state index is 0.203. The molecule has 23 heavy (non-hydrogen) atoms. The number of hydrogen-bond acceptors (Lipinski definition) is 5. The highest BCUT2D eigenvalue weighted by Gasteiger charge is 2.20. The first-order valence-corrected chi connectivity index (χ1v) is 7.14. The van der Waals surface area contributed by atoms with Gasteiger partial charge < -0.3 is 9.47 Å². The molecule has 0 spiro atoms. The van der Waals surface area contributed by atoms with Crippen molar-refractivity contribution in [2.24, 2.45) is 0 Å². The van der Waals surface area contributed by atoms with Gasteiger partial charge in [-0.1, -0.05) is 17.3 Å². The number of ether oxygens (including phenoxy) is 2. The lowest BCUT2D eigenvalue weighted by atomic mass is 10.1. The Labute approximate surface area is 132 Å². The first-order valence-electron chi connectivity index (χ1n) is 7.14. The van der Waals surface area contributed by atoms with E-state index in [4.69, 9.17) is 9.47 Å². The molecule has 0 saturated heterocycles. The van der Waals surface area contributed by atoms with Crippen molar-refractivity contribution in [3.8, 4) is 28.4 Å². The van der Waals surface area contributed by atoms with Gasteiger partial charge in [-0.2, -0.15) is 0 Å². The summed E-state index contributed by atoms with van der Waals surface area (Å²) in [6.07, 6.45) is 0.708. The van der Waals surface area contributed by atoms with Gasteiger partial charge >= 0.3 is 0 Å². The number of nitrogens with zero attached hydrogens (tertiary/aromatic N) is 3. The lowest BCUT2D eigenvalue weighted by molar-refractivity contribution is 0.111. The summed E-state index contributed by atoms with van der Waals surface area (Å²) < 4.78 is 12.4. The molecule has 0 unspecified atom stereocenters. The molecule has 0 bridgehead atoms. The molecule has 0 saturated carbocycles. The Morgan fingerprint density at radius 3 is 2.83 bits per heavy atom. The summed E-state index contributed by atoms with van der Waals surface area (Å²) in [6.45, 7) is 2.20. The van der Waals surface area contributed by atoms with Crippen LogP contribution in [0.1, 0.15) is 16.1 Å². The van der Waals surface area contributed by atoms with E-state index < -0.39 is 0 Å². The normalized spacial score (nSPS) is 12.4. The molecule has 0 aliphatic carbocycles. The molecule has 0 N–H and O–H groups in total. The van der Waals surface area contributed by atoms with Crippen LogP contribution in [0.4, 0.5) is 0 Å². The van der Waals surface area contributed by atoms with Gasteiger partial charge in [0.2, 0.25) is 6.79 Å². The predicted molar refractivity (Wildman–Crippen MR) is 83.0 cm³/mol. The summed E-state index contributed by atoms with van der Waals surface area (Å²) in [5.41, 5.74) is 3.65. The van der Waals surface area contributed by atoms with Gasteiger partial charge in [-0.05, 0) is 42.8 Å². The SMILES string of the molecule is Cc1cccc(-n2nnc(C=O)c2-c2ccc3c(c2)OCO3)c1. The lowest BCUT2D eigenvalue weighted by Gasteiger charge is -2.08. The van der Waals surface area contributed by atoms with E-state index in [1.54, 1.807) is 4.68 Å². The average Bonchev–Trinajstić information content (AvgIpc) is 3.20. The molecule has 6 heteroatoms. The Balaban J connectivity index is 1.90. The molecule has 2 aromatic carbocycles. The third-order valence-electron chi connectivity index (χ3n) is 3.70. The van der Waals surface area contributed by atoms with Gasteiger partial charge in [0.25, 0.3) is 0 Å². The van der Waals surface area contributed by atoms with Gasteiger partial charge in [-0.25, -0.2) is 4.68 Å². The number of aldehydes is 1. The van der Waals surface area contributed by atoms with Crippen molar-refractivity contribution < 1.29 is 14.3 Å². The van der Waals surface area contributed by atoms with E-state index in [0.717, 1.165) is 16.8 Å². The van der Waals surface area contributed by atoms with E-state index in [-0.39, 0.29) is 12.5 Å². The van der Waals surface area contributed by atoms with Gasteiger partial charge in [-0.3, -0.25) is 4.79 Å². The number of aromatic nitrogens is 3. The first kappa shape index (κ1) is 13.5. The van der Waals surface area contributed by atoms with E-state index in [9.17, 15) is 4.79 Å². The van der Waals surface area contributed by atoms with Crippen LogP contribution in [0.25, 0.3) is 16.9 Å². The highest BCUT2D eigenvalue weighted by atomic mass is 16.7. The van der Waals surface area contributed by atoms with Crippen molar-refractivity contribution >= 4 is 6.29 Å². The second-order valence-electron chi connectivity index (χ2n) is 5.26. The minimum Gasteiger partial charge on any atom is -0.454 e. The predicted octanol–water partition coefficient (Wildman–Crippen LogP) is 2.78. The number of benzene rings is 2. The number of carbonyl (C=O) groups is 1. The highest BCUT2D eigenvalue weighted by Crippen LogP contribution is 2.36. The molecule has 1 aliphatic heterocycles. The zero-order valence-electron chi connectivity index (χ0n) is 12.4. The molecule has 0 atom stereocenters. The number of fused-ring (bicyclic) bond motifs is 1. The molecule has 0 amide bonds. The van der Waals surface area contributed by atoms with Crippen LogP contribution in [0.2, 0.25) is 0 Å². The van der Waals surface area contributed by atoms with Crippen LogP contribution in [0, 0.1) is 6.92 Å². The van der Waals surface area contributed by atoms with Gasteiger partial charge in [0, 0.05) is 5.56 Å². The molecule has 114 valence electrons. The van der Waals surface area contributed by atoms with Crippen LogP contribution in [0.3, 0.4) is 0 Å². The summed E-state index contributed by atoms with van der Waals surface area (Å²) in [6, 6.07) is 13.4. The monoisotopic (exact) mass is 307 g/mol. The van der Waals surface area contributed by atoms with Gasteiger partial charge in [0.15, 0.2) is 23.5 Å². The lowest BCUT2D eigenvalue weighted by Crippen LogP contribution is -2.00. The van der Waals surface area contributed by atoms with E-state index >= 15 is 0 Å². The smallest absolute Gasteiger partial charge is 0.231 e. The second kappa shape index (κ2) is 5.24. The molecule has 0 radical (unpaired) electrons. The van der Waals surface area contributed by atoms with Crippen molar-refractivity contribution in [3.63, 3.8) is 0 Å². The molecule has 1 aromatic heterocycles. The van der Waals surface area contributed by atoms with Crippen LogP contribution in [0.5, 0.6) is 11.5 Å². The van der Waals surface area contributed by atoms with Crippen molar-refractivity contribution in [3.05, 3.63) is 53.7 Å². The van der Waals surface area contributed by atoms with Crippen LogP contribution in [-0.2, 0) is 0 Å². The summed E-state index contributed by atoms with van der Waals surface area (Å²) in [7, 11) is 0. The quantitative estimate of drug-likeness (QED) is 0.696. The number of rotatable bonds is 3. The van der Waals surface area contributed by atoms with Crippen molar-refractivity contribution in [1.29, 1.82) is 0 Å². The second-order valence-corrected chi connectivity index (χ2v) is 5.26. The fraction of sp³-hybridized carbons (Fsp3) is 0.118. The van der Waals surface area contributed by atoms with Gasteiger partial charge in [0.1, 0.15) is 5.69 Å². The topological polar surface area (TPSA) is 66.2 Å². The van der Waals surface area contributed by atoms with Gasteiger partial charge in [-0.15, -0.1) is 5.10 Å². The van der Waals surface area contributed by atoms with Gasteiger partial charge in [0.05, 0.1) is 5.69 Å². The minimum atomic E-state index is 0.203. The van der Waals surface area contributed by atoms with E-state index in [0.29, 0.717) is 23.5 Å². The van der Waals surface area contributed by atoms with Crippen molar-refractivity contribution in [1.82, 2.24) is 15.0 Å². The van der Waals surface area contributed by atoms with Crippen molar-refractivity contribution in [2.75, 3.05) is 6.79 Å². The Hall–Kier alpha value is -3.15. The fourth-order valence-electron chi connectivity index (χ4n) is 2.63. The number of carbonyl (C=O) groups excluding carboxylic acids is 1. The molecule has 3 aromatic rings. The first-order chi connectivity index (χ1) is 11.3. The van der Waals surface area contributed by atoms with Crippen molar-refractivity contribution in [2.45, 2.75) is 6.92 Å². The average molecular weight is 307 g/mol. The van der Waals surface area contributed by atoms with Crippen LogP contribution >= 0.6 is 0 Å². The molecule has 1 aliphatic rings. The molecule has 2 heterocycles. The molecular formula is C17H13N3O3. The standard InChI is InChI=1S/C17H13N3O3/c1-11-3-2-4-13(7-11)20-17(14(9-21)18-19-20)12-5-6-15-16(8-12)23-10-22-15/h2-9H,10H2,1H3. The largest absolute Gasteiger partial charge is 0.454 e. The molecule has 6 nitrogen and oxygen atoms in total. The molecule has 4 rings (SSSR count). The summed E-state index contributed by atoms with van der Waals surface area (Å²) >= 11 is 0. The van der Waals surface area contributed by atoms with Crippen LogP contribution in [-0.4, -0.2) is 28.1 Å². The van der Waals surface area contributed by atoms with E-state index in [2.05, 4.69) is 10.3 Å². The van der Waals surface area contributed by atoms with E-state index in [1.165, 1.54) is 0 Å². The van der Waals surface area contributed by atoms with Crippen LogP contribution in [0.15, 0.2) is 42.5 Å². The fourth-order valence-corrected chi connectivity index (χ4v) is 2.63. The maximum atomic E-state index is 11.4. The Morgan fingerprint density at radius 1 is 1.13 bits per heavy atom. The number of hydrogen-bond donors (Lipinski definition) is 0. The summed E-state index contributed by atoms with van der Waals surface area (Å²) in [4.78, 5) is 11.4. The zero-order chi connectivity index (χ0) is 15.8.